The molecule has 1 atom stereocenters. The van der Waals surface area contributed by atoms with Crippen LogP contribution >= 0.6 is 0 Å². The van der Waals surface area contributed by atoms with Gasteiger partial charge >= 0.3 is 0 Å². The number of hydrogen-bond acceptors (Lipinski definition) is 1. The van der Waals surface area contributed by atoms with Crippen LogP contribution in [-0.4, -0.2) is 13.9 Å². The van der Waals surface area contributed by atoms with E-state index in [1.54, 1.807) is 0 Å². The molecule has 0 radical (unpaired) electrons. The van der Waals surface area contributed by atoms with Gasteiger partial charge in [-0.25, -0.2) is 0 Å². The summed E-state index contributed by atoms with van der Waals surface area (Å²) in [4.78, 5) is 11.6. The van der Waals surface area contributed by atoms with Gasteiger partial charge in [0.1, 0.15) is 5.78 Å². The van der Waals surface area contributed by atoms with Gasteiger partial charge in [0.15, 0.2) is 0 Å². The average Bonchev–Trinajstić information content (AvgIpc) is 2.50. The van der Waals surface area contributed by atoms with Crippen LogP contribution in [0.3, 0.4) is 0 Å². The van der Waals surface area contributed by atoms with Gasteiger partial charge in [-0.3, -0.25) is 4.79 Å². The lowest BCUT2D eigenvalue weighted by Gasteiger charge is -2.47. The summed E-state index contributed by atoms with van der Waals surface area (Å²) in [6.07, 6.45) is 2.92. The molecule has 1 nitrogen and oxygen atoms in total. The summed E-state index contributed by atoms with van der Waals surface area (Å²) in [6, 6.07) is 0. The molecule has 2 heteroatoms. The highest BCUT2D eigenvalue weighted by atomic mass is 28.3. The van der Waals surface area contributed by atoms with Gasteiger partial charge in [-0.1, -0.05) is 58.2 Å². The maximum atomic E-state index is 11.6. The number of carbonyl (C=O) groups is 1. The lowest BCUT2D eigenvalue weighted by molar-refractivity contribution is -0.117. The Morgan fingerprint density at radius 1 is 1.00 bits per heavy atom. The Bertz CT molecular complexity index is 234. The summed E-state index contributed by atoms with van der Waals surface area (Å²) in [5.41, 5.74) is 3.13. The van der Waals surface area contributed by atoms with Crippen LogP contribution < -0.4 is 0 Å². The third-order valence-corrected chi connectivity index (χ3v) is 12.9. The van der Waals surface area contributed by atoms with Crippen LogP contribution in [0, 0.1) is 0 Å². The maximum absolute atomic E-state index is 11.6. The van der Waals surface area contributed by atoms with Gasteiger partial charge in [0.05, 0.1) is 8.07 Å². The zero-order chi connectivity index (χ0) is 12.5. The molecule has 0 spiro atoms. The first-order chi connectivity index (χ1) is 7.33. The van der Waals surface area contributed by atoms with Gasteiger partial charge in [0, 0.05) is 12.8 Å². The molecule has 16 heavy (non-hydrogen) atoms. The number of ketones is 1. The predicted molar refractivity (Wildman–Crippen MR) is 73.7 cm³/mol. The van der Waals surface area contributed by atoms with E-state index in [-0.39, 0.29) is 0 Å². The molecule has 0 heterocycles. The van der Waals surface area contributed by atoms with Crippen LogP contribution in [0.4, 0.5) is 0 Å². The van der Waals surface area contributed by atoms with Crippen LogP contribution in [0.15, 0.2) is 0 Å². The molecule has 1 aliphatic rings. The second kappa shape index (κ2) is 5.03. The number of carbonyl (C=O) groups excluding carboxylic acids is 1. The highest BCUT2D eigenvalue weighted by molar-refractivity contribution is 6.85. The Kier molecular flexibility index (Phi) is 4.39. The lowest BCUT2D eigenvalue weighted by Crippen LogP contribution is -2.48. The van der Waals surface area contributed by atoms with Gasteiger partial charge in [-0.2, -0.15) is 0 Å². The summed E-state index contributed by atoms with van der Waals surface area (Å²) < 4.78 is 0. The summed E-state index contributed by atoms with van der Waals surface area (Å²) in [5.74, 6) is 0.517. The predicted octanol–water partition coefficient (Wildman–Crippen LogP) is 4.79. The third kappa shape index (κ3) is 2.13. The van der Waals surface area contributed by atoms with Crippen molar-refractivity contribution in [2.45, 2.75) is 83.0 Å². The molecule has 1 saturated carbocycles. The topological polar surface area (TPSA) is 17.1 Å². The fraction of sp³-hybridized carbons (Fsp3) is 0.929. The van der Waals surface area contributed by atoms with Crippen molar-refractivity contribution >= 4 is 13.9 Å². The van der Waals surface area contributed by atoms with Crippen LogP contribution in [-0.2, 0) is 4.79 Å². The normalized spacial score (nSPS) is 22.8. The molecular formula is C14H28OSi. The van der Waals surface area contributed by atoms with Crippen molar-refractivity contribution in [1.82, 2.24) is 0 Å². The van der Waals surface area contributed by atoms with Crippen molar-refractivity contribution < 1.29 is 4.79 Å². The molecule has 1 rings (SSSR count). The molecule has 0 amide bonds. The smallest absolute Gasteiger partial charge is 0.132 e. The van der Waals surface area contributed by atoms with E-state index < -0.39 is 8.07 Å². The van der Waals surface area contributed by atoms with Crippen LogP contribution in [0.5, 0.6) is 0 Å². The van der Waals surface area contributed by atoms with Gasteiger partial charge < -0.3 is 0 Å². The van der Waals surface area contributed by atoms with E-state index in [9.17, 15) is 4.79 Å². The molecular weight excluding hydrogens is 212 g/mol. The number of Topliss-reactive ketones (excluding diaryl/α,β-unsaturated/α-hetero) is 1. The standard InChI is InChI=1S/C14H28OSi/c1-10(2)16(11(3)4,12(5)6)14-8-7-13(15)9-14/h10-12,14H,7-9H2,1-6H3. The Labute approximate surface area is 102 Å². The van der Waals surface area contributed by atoms with Gasteiger partial charge in [0.25, 0.3) is 0 Å². The summed E-state index contributed by atoms with van der Waals surface area (Å²) in [6.45, 7) is 14.4. The molecule has 1 fully saturated rings. The van der Waals surface area contributed by atoms with Crippen LogP contribution in [0.25, 0.3) is 0 Å². The van der Waals surface area contributed by atoms with Crippen molar-refractivity contribution in [2.24, 2.45) is 0 Å². The Morgan fingerprint density at radius 3 is 1.69 bits per heavy atom. The fourth-order valence-electron chi connectivity index (χ4n) is 4.66. The molecule has 0 aromatic rings. The van der Waals surface area contributed by atoms with Crippen molar-refractivity contribution in [2.75, 3.05) is 0 Å². The second-order valence-electron chi connectivity index (χ2n) is 6.44. The Hall–Kier alpha value is -0.113. The maximum Gasteiger partial charge on any atom is 0.132 e. The zero-order valence-corrected chi connectivity index (χ0v) is 12.8. The highest BCUT2D eigenvalue weighted by Gasteiger charge is 2.50. The van der Waals surface area contributed by atoms with E-state index in [0.717, 1.165) is 35.0 Å². The minimum Gasteiger partial charge on any atom is -0.300 e. The number of rotatable bonds is 4. The monoisotopic (exact) mass is 240 g/mol. The first kappa shape index (κ1) is 13.9. The van der Waals surface area contributed by atoms with Gasteiger partial charge in [0.2, 0.25) is 0 Å². The quantitative estimate of drug-likeness (QED) is 0.646. The molecule has 1 aliphatic carbocycles. The minimum atomic E-state index is -1.36. The first-order valence-electron chi connectivity index (χ1n) is 6.85. The third-order valence-electron chi connectivity index (χ3n) is 4.95. The summed E-state index contributed by atoms with van der Waals surface area (Å²) >= 11 is 0. The van der Waals surface area contributed by atoms with Gasteiger partial charge in [-0.15, -0.1) is 0 Å². The Morgan fingerprint density at radius 2 is 1.44 bits per heavy atom. The molecule has 0 bridgehead atoms. The molecule has 0 aliphatic heterocycles. The van der Waals surface area contributed by atoms with Crippen molar-refractivity contribution in [1.29, 1.82) is 0 Å². The lowest BCUT2D eigenvalue weighted by atomic mass is 10.3. The zero-order valence-electron chi connectivity index (χ0n) is 11.8. The van der Waals surface area contributed by atoms with E-state index in [2.05, 4.69) is 41.5 Å². The average molecular weight is 240 g/mol. The molecule has 0 saturated heterocycles. The summed E-state index contributed by atoms with van der Waals surface area (Å²) in [7, 11) is -1.36. The van der Waals surface area contributed by atoms with E-state index in [0.29, 0.717) is 5.78 Å². The number of hydrogen-bond donors (Lipinski definition) is 0. The molecule has 0 aromatic carbocycles. The Balaban J connectivity index is 3.06. The fourth-order valence-corrected chi connectivity index (χ4v) is 12.7. The molecule has 94 valence electrons. The van der Waals surface area contributed by atoms with E-state index >= 15 is 0 Å². The largest absolute Gasteiger partial charge is 0.300 e. The first-order valence-corrected chi connectivity index (χ1v) is 9.16. The molecule has 0 N–H and O–H groups in total. The second-order valence-corrected chi connectivity index (χ2v) is 12.7. The van der Waals surface area contributed by atoms with Crippen molar-refractivity contribution in [3.05, 3.63) is 0 Å². The summed E-state index contributed by atoms with van der Waals surface area (Å²) in [5, 5.41) is 0. The van der Waals surface area contributed by atoms with E-state index in [1.807, 2.05) is 0 Å². The highest BCUT2D eigenvalue weighted by Crippen LogP contribution is 2.54. The minimum absolute atomic E-state index is 0.517. The van der Waals surface area contributed by atoms with Gasteiger partial charge in [-0.05, 0) is 12.0 Å². The van der Waals surface area contributed by atoms with Crippen LogP contribution in [0.1, 0.15) is 60.8 Å². The van der Waals surface area contributed by atoms with E-state index in [4.69, 9.17) is 0 Å². The SMILES string of the molecule is CC(C)[Si](C(C)C)(C(C)C)C1CCC(=O)C1. The van der Waals surface area contributed by atoms with E-state index in [1.165, 1.54) is 6.42 Å². The molecule has 1 unspecified atom stereocenters. The molecule has 0 aromatic heterocycles. The van der Waals surface area contributed by atoms with Crippen molar-refractivity contribution in [3.63, 3.8) is 0 Å². The van der Waals surface area contributed by atoms with Crippen molar-refractivity contribution in [3.8, 4) is 0 Å². The van der Waals surface area contributed by atoms with Crippen LogP contribution in [0.2, 0.25) is 22.2 Å².